The van der Waals surface area contributed by atoms with Crippen molar-refractivity contribution in [2.24, 2.45) is 0 Å². The molecular weight excluding hydrogens is 556 g/mol. The summed E-state index contributed by atoms with van der Waals surface area (Å²) in [5.41, 5.74) is 12.9. The zero-order valence-corrected chi connectivity index (χ0v) is 25.8. The molecule has 1 aromatic heterocycles. The Bertz CT molecular complexity index is 2270. The van der Waals surface area contributed by atoms with Gasteiger partial charge in [0.25, 0.3) is 0 Å². The highest BCUT2D eigenvalue weighted by Crippen LogP contribution is 2.40. The Morgan fingerprint density at radius 1 is 0.543 bits per heavy atom. The van der Waals surface area contributed by atoms with Crippen molar-refractivity contribution in [3.63, 3.8) is 0 Å². The van der Waals surface area contributed by atoms with Gasteiger partial charge in [-0.3, -0.25) is 0 Å². The molecule has 0 aliphatic carbocycles. The summed E-state index contributed by atoms with van der Waals surface area (Å²) >= 11 is 0. The van der Waals surface area contributed by atoms with Crippen molar-refractivity contribution in [3.05, 3.63) is 193 Å². The fourth-order valence-electron chi connectivity index (χ4n) is 6.75. The van der Waals surface area contributed by atoms with Gasteiger partial charge in [-0.05, 0) is 88.5 Å². The van der Waals surface area contributed by atoms with Gasteiger partial charge in [0.15, 0.2) is 0 Å². The molecule has 1 aliphatic rings. The highest BCUT2D eigenvalue weighted by Gasteiger charge is 2.18. The van der Waals surface area contributed by atoms with Gasteiger partial charge in [-0.2, -0.15) is 0 Å². The second-order valence-electron chi connectivity index (χ2n) is 12.0. The second kappa shape index (κ2) is 11.6. The maximum absolute atomic E-state index is 4.47. The standard InChI is InChI=1S/C44H34N2/c1-31-13-11-12-28-45(37-24-20-34(21-25-37)32(2)33-14-5-3-6-15-33)42-26-22-35(29-40(31)42)36-23-27-44-41(30-36)39-18-9-10-19-43(39)46(44)38-16-7-4-8-17-38/h3-30,32H,1H2,2H3/b13-11-,28-12-. The van der Waals surface area contributed by atoms with E-state index in [0.717, 1.165) is 22.5 Å². The monoisotopic (exact) mass is 590 g/mol. The number of nitrogens with zero attached hydrogens (tertiary/aromatic N) is 2. The van der Waals surface area contributed by atoms with Crippen LogP contribution in [0.3, 0.4) is 0 Å². The molecule has 220 valence electrons. The zero-order valence-electron chi connectivity index (χ0n) is 25.8. The molecule has 0 bridgehead atoms. The number of allylic oxidation sites excluding steroid dienone is 4. The molecule has 0 saturated carbocycles. The average molecular weight is 591 g/mol. The van der Waals surface area contributed by atoms with Crippen LogP contribution in [0.15, 0.2) is 177 Å². The molecule has 1 atom stereocenters. The average Bonchev–Trinajstić information content (AvgIpc) is 3.45. The van der Waals surface area contributed by atoms with E-state index in [4.69, 9.17) is 0 Å². The lowest BCUT2D eigenvalue weighted by molar-refractivity contribution is 0.922. The third-order valence-electron chi connectivity index (χ3n) is 9.24. The quantitative estimate of drug-likeness (QED) is 0.194. The van der Waals surface area contributed by atoms with E-state index in [-0.39, 0.29) is 0 Å². The topological polar surface area (TPSA) is 8.17 Å². The number of hydrogen-bond acceptors (Lipinski definition) is 1. The summed E-state index contributed by atoms with van der Waals surface area (Å²) in [6.45, 7) is 6.73. The molecule has 1 unspecified atom stereocenters. The smallest absolute Gasteiger partial charge is 0.0541 e. The fourth-order valence-corrected chi connectivity index (χ4v) is 6.75. The summed E-state index contributed by atoms with van der Waals surface area (Å²) in [5, 5.41) is 2.50. The van der Waals surface area contributed by atoms with Crippen LogP contribution >= 0.6 is 0 Å². The highest BCUT2D eigenvalue weighted by molar-refractivity contribution is 6.10. The largest absolute Gasteiger partial charge is 0.317 e. The maximum atomic E-state index is 4.47. The van der Waals surface area contributed by atoms with Gasteiger partial charge in [0.1, 0.15) is 0 Å². The van der Waals surface area contributed by atoms with E-state index in [1.807, 2.05) is 0 Å². The molecule has 1 aliphatic heterocycles. The van der Waals surface area contributed by atoms with Crippen molar-refractivity contribution in [3.8, 4) is 16.8 Å². The fraction of sp³-hybridized carbons (Fsp3) is 0.0455. The predicted octanol–water partition coefficient (Wildman–Crippen LogP) is 11.8. The Hall–Kier alpha value is -5.86. The van der Waals surface area contributed by atoms with Crippen LogP contribution in [-0.2, 0) is 0 Å². The first-order chi connectivity index (χ1) is 22.7. The molecular formula is C44H34N2. The third-order valence-corrected chi connectivity index (χ3v) is 9.24. The van der Waals surface area contributed by atoms with E-state index in [0.29, 0.717) is 5.92 Å². The Kier molecular flexibility index (Phi) is 6.96. The first-order valence-corrected chi connectivity index (χ1v) is 15.9. The molecule has 7 aromatic rings. The Morgan fingerprint density at radius 3 is 2.00 bits per heavy atom. The molecule has 2 heterocycles. The van der Waals surface area contributed by atoms with Crippen molar-refractivity contribution in [2.45, 2.75) is 12.8 Å². The van der Waals surface area contributed by atoms with Crippen LogP contribution in [0.5, 0.6) is 0 Å². The van der Waals surface area contributed by atoms with Crippen LogP contribution in [0.4, 0.5) is 11.4 Å². The molecule has 0 spiro atoms. The van der Waals surface area contributed by atoms with Gasteiger partial charge in [-0.1, -0.05) is 117 Å². The molecule has 0 radical (unpaired) electrons. The van der Waals surface area contributed by atoms with E-state index in [2.05, 4.69) is 193 Å². The van der Waals surface area contributed by atoms with Gasteiger partial charge < -0.3 is 9.47 Å². The van der Waals surface area contributed by atoms with Gasteiger partial charge in [0.05, 0.1) is 16.7 Å². The number of para-hydroxylation sites is 2. The van der Waals surface area contributed by atoms with E-state index in [9.17, 15) is 0 Å². The Morgan fingerprint density at radius 2 is 1.20 bits per heavy atom. The number of rotatable bonds is 5. The van der Waals surface area contributed by atoms with Gasteiger partial charge in [-0.15, -0.1) is 0 Å². The SMILES string of the molecule is C=C1/C=C\C=C/N(c2ccc(C(C)c3ccccc3)cc2)c2ccc(-c3ccc4c(c3)c3ccccc3n4-c3ccccc3)cc21. The van der Waals surface area contributed by atoms with Crippen LogP contribution in [0.25, 0.3) is 44.2 Å². The molecule has 2 heteroatoms. The summed E-state index contributed by atoms with van der Waals surface area (Å²) in [6, 6.07) is 52.5. The summed E-state index contributed by atoms with van der Waals surface area (Å²) in [6.07, 6.45) is 8.39. The molecule has 0 saturated heterocycles. The second-order valence-corrected chi connectivity index (χ2v) is 12.0. The summed E-state index contributed by atoms with van der Waals surface area (Å²) in [4.78, 5) is 2.27. The third kappa shape index (κ3) is 4.85. The minimum absolute atomic E-state index is 0.328. The number of aromatic nitrogens is 1. The van der Waals surface area contributed by atoms with E-state index >= 15 is 0 Å². The molecule has 46 heavy (non-hydrogen) atoms. The van der Waals surface area contributed by atoms with Gasteiger partial charge in [-0.25, -0.2) is 0 Å². The minimum Gasteiger partial charge on any atom is -0.317 e. The molecule has 8 rings (SSSR count). The summed E-state index contributed by atoms with van der Waals surface area (Å²) < 4.78 is 2.36. The number of fused-ring (bicyclic) bond motifs is 4. The normalized spacial score (nSPS) is 14.9. The molecule has 0 N–H and O–H groups in total. The number of benzene rings is 6. The van der Waals surface area contributed by atoms with Gasteiger partial charge >= 0.3 is 0 Å². The van der Waals surface area contributed by atoms with Crippen molar-refractivity contribution in [2.75, 3.05) is 4.90 Å². The lowest BCUT2D eigenvalue weighted by Crippen LogP contribution is -2.11. The lowest BCUT2D eigenvalue weighted by atomic mass is 9.93. The minimum atomic E-state index is 0.328. The van der Waals surface area contributed by atoms with Crippen molar-refractivity contribution < 1.29 is 0 Å². The molecule has 6 aromatic carbocycles. The van der Waals surface area contributed by atoms with Crippen LogP contribution < -0.4 is 4.90 Å². The Labute approximate surface area is 270 Å². The lowest BCUT2D eigenvalue weighted by Gasteiger charge is -2.26. The van der Waals surface area contributed by atoms with E-state index in [1.54, 1.807) is 0 Å². The Balaban J connectivity index is 1.19. The van der Waals surface area contributed by atoms with Crippen molar-refractivity contribution in [1.29, 1.82) is 0 Å². The van der Waals surface area contributed by atoms with Crippen LogP contribution in [0.1, 0.15) is 29.5 Å². The predicted molar refractivity (Wildman–Crippen MR) is 196 cm³/mol. The number of anilines is 2. The maximum Gasteiger partial charge on any atom is 0.0541 e. The van der Waals surface area contributed by atoms with Crippen molar-refractivity contribution >= 4 is 38.8 Å². The summed E-state index contributed by atoms with van der Waals surface area (Å²) in [7, 11) is 0. The van der Waals surface area contributed by atoms with Gasteiger partial charge in [0.2, 0.25) is 0 Å². The first kappa shape index (κ1) is 27.7. The summed E-state index contributed by atoms with van der Waals surface area (Å²) in [5.74, 6) is 0.328. The van der Waals surface area contributed by atoms with E-state index < -0.39 is 0 Å². The van der Waals surface area contributed by atoms with E-state index in [1.165, 1.54) is 49.7 Å². The molecule has 0 fully saturated rings. The first-order valence-electron chi connectivity index (χ1n) is 15.9. The highest BCUT2D eigenvalue weighted by atomic mass is 15.1. The van der Waals surface area contributed by atoms with Crippen LogP contribution in [0, 0.1) is 0 Å². The zero-order chi connectivity index (χ0) is 31.0. The molecule has 0 amide bonds. The number of hydrogen-bond donors (Lipinski definition) is 0. The molecule has 2 nitrogen and oxygen atoms in total. The van der Waals surface area contributed by atoms with Crippen molar-refractivity contribution in [1.82, 2.24) is 4.57 Å². The van der Waals surface area contributed by atoms with Crippen LogP contribution in [-0.4, -0.2) is 4.57 Å². The van der Waals surface area contributed by atoms with Gasteiger partial charge in [0, 0.05) is 39.8 Å². The van der Waals surface area contributed by atoms with Crippen LogP contribution in [0.2, 0.25) is 0 Å².